The summed E-state index contributed by atoms with van der Waals surface area (Å²) in [4.78, 5) is 23.7. The summed E-state index contributed by atoms with van der Waals surface area (Å²) in [6.45, 7) is 4.08. The Hall–Kier alpha value is -1.14. The molecule has 0 bridgehead atoms. The molecule has 0 aromatic rings. The zero-order chi connectivity index (χ0) is 14.6. The summed E-state index contributed by atoms with van der Waals surface area (Å²) in [5, 5.41) is 15.4. The quantitative estimate of drug-likeness (QED) is 0.700. The lowest BCUT2D eigenvalue weighted by molar-refractivity contribution is -0.150. The van der Waals surface area contributed by atoms with Gasteiger partial charge in [0.1, 0.15) is 5.54 Å². The minimum absolute atomic E-state index is 0.157. The van der Waals surface area contributed by atoms with Crippen molar-refractivity contribution in [3.63, 3.8) is 0 Å². The summed E-state index contributed by atoms with van der Waals surface area (Å²) < 4.78 is 5.48. The van der Waals surface area contributed by atoms with E-state index in [1.807, 2.05) is 6.92 Å². The number of rotatable bonds is 4. The van der Waals surface area contributed by atoms with Crippen LogP contribution < -0.4 is 10.6 Å². The average molecular weight is 284 g/mol. The van der Waals surface area contributed by atoms with Gasteiger partial charge < -0.3 is 20.5 Å². The molecule has 0 aromatic carbocycles. The van der Waals surface area contributed by atoms with Crippen LogP contribution in [0, 0.1) is 5.92 Å². The van der Waals surface area contributed by atoms with E-state index in [2.05, 4.69) is 10.6 Å². The molecule has 3 N–H and O–H groups in total. The van der Waals surface area contributed by atoms with Gasteiger partial charge in [-0.25, -0.2) is 4.79 Å². The molecule has 1 aliphatic heterocycles. The van der Waals surface area contributed by atoms with Crippen LogP contribution in [-0.4, -0.2) is 48.3 Å². The molecule has 3 atom stereocenters. The van der Waals surface area contributed by atoms with Gasteiger partial charge in [0.25, 0.3) is 0 Å². The van der Waals surface area contributed by atoms with Crippen molar-refractivity contribution in [2.24, 2.45) is 5.92 Å². The van der Waals surface area contributed by atoms with Gasteiger partial charge in [0.05, 0.1) is 19.1 Å². The Kier molecular flexibility index (Phi) is 4.99. The van der Waals surface area contributed by atoms with Crippen LogP contribution in [0.2, 0.25) is 0 Å². The van der Waals surface area contributed by atoms with E-state index < -0.39 is 11.5 Å². The van der Waals surface area contributed by atoms with E-state index in [1.54, 1.807) is 0 Å². The highest BCUT2D eigenvalue weighted by Gasteiger charge is 2.43. The Balaban J connectivity index is 1.93. The molecule has 2 rings (SSSR count). The van der Waals surface area contributed by atoms with Crippen LogP contribution in [0.4, 0.5) is 0 Å². The van der Waals surface area contributed by atoms with E-state index in [-0.39, 0.29) is 18.4 Å². The maximum atomic E-state index is 12.1. The third kappa shape index (κ3) is 3.70. The maximum Gasteiger partial charge on any atom is 0.329 e. The van der Waals surface area contributed by atoms with Crippen molar-refractivity contribution in [2.75, 3.05) is 19.7 Å². The van der Waals surface area contributed by atoms with E-state index >= 15 is 0 Å². The monoisotopic (exact) mass is 284 g/mol. The zero-order valence-electron chi connectivity index (χ0n) is 12.0. The van der Waals surface area contributed by atoms with Crippen molar-refractivity contribution in [3.8, 4) is 0 Å². The van der Waals surface area contributed by atoms with Crippen LogP contribution in [0.15, 0.2) is 0 Å². The lowest BCUT2D eigenvalue weighted by Crippen LogP contribution is -2.57. The first kappa shape index (κ1) is 15.3. The molecule has 6 nitrogen and oxygen atoms in total. The number of carboxylic acids is 1. The number of nitrogens with one attached hydrogen (secondary N) is 2. The molecule has 1 heterocycles. The van der Waals surface area contributed by atoms with E-state index in [0.29, 0.717) is 31.9 Å². The summed E-state index contributed by atoms with van der Waals surface area (Å²) >= 11 is 0. The van der Waals surface area contributed by atoms with Crippen LogP contribution in [-0.2, 0) is 14.3 Å². The van der Waals surface area contributed by atoms with Gasteiger partial charge in [0.15, 0.2) is 0 Å². The first-order chi connectivity index (χ1) is 9.52. The number of carbonyl (C=O) groups is 2. The van der Waals surface area contributed by atoms with Gasteiger partial charge in [0, 0.05) is 13.1 Å². The minimum atomic E-state index is -1.09. The fourth-order valence-corrected chi connectivity index (χ4v) is 3.19. The van der Waals surface area contributed by atoms with Crippen LogP contribution in [0.25, 0.3) is 0 Å². The number of carboxylic acid groups (broad SMARTS) is 1. The first-order valence-electron chi connectivity index (χ1n) is 7.38. The van der Waals surface area contributed by atoms with Crippen molar-refractivity contribution in [1.29, 1.82) is 0 Å². The molecule has 2 fully saturated rings. The molecule has 114 valence electrons. The molecule has 2 aliphatic rings. The second-order valence-corrected chi connectivity index (χ2v) is 6.04. The molecule has 0 radical (unpaired) electrons. The number of hydrogen-bond acceptors (Lipinski definition) is 4. The highest BCUT2D eigenvalue weighted by Crippen LogP contribution is 2.32. The second kappa shape index (κ2) is 6.54. The fraction of sp³-hybridized carbons (Fsp3) is 0.857. The molecule has 1 saturated heterocycles. The van der Waals surface area contributed by atoms with Gasteiger partial charge in [-0.2, -0.15) is 0 Å². The standard InChI is InChI=1S/C14H24N2O4/c1-10-3-2-4-14(8-10,13(18)19)16-12(17)7-11-9-15-5-6-20-11/h10-11,15H,2-9H2,1H3,(H,16,17)(H,18,19). The number of morpholine rings is 1. The van der Waals surface area contributed by atoms with Crippen molar-refractivity contribution < 1.29 is 19.4 Å². The molecule has 3 unspecified atom stereocenters. The number of aliphatic carboxylic acids is 1. The van der Waals surface area contributed by atoms with Crippen molar-refractivity contribution in [3.05, 3.63) is 0 Å². The molecule has 1 saturated carbocycles. The van der Waals surface area contributed by atoms with Crippen molar-refractivity contribution >= 4 is 11.9 Å². The SMILES string of the molecule is CC1CCCC(NC(=O)CC2CNCCO2)(C(=O)O)C1. The lowest BCUT2D eigenvalue weighted by Gasteiger charge is -2.37. The smallest absolute Gasteiger partial charge is 0.329 e. The third-order valence-electron chi connectivity index (χ3n) is 4.20. The molecule has 0 aromatic heterocycles. The first-order valence-corrected chi connectivity index (χ1v) is 7.38. The van der Waals surface area contributed by atoms with E-state index in [1.165, 1.54) is 0 Å². The molecule has 6 heteroatoms. The molecule has 1 amide bonds. The largest absolute Gasteiger partial charge is 0.480 e. The van der Waals surface area contributed by atoms with E-state index in [9.17, 15) is 14.7 Å². The Labute approximate surface area is 119 Å². The number of amides is 1. The van der Waals surface area contributed by atoms with Crippen LogP contribution in [0.5, 0.6) is 0 Å². The zero-order valence-corrected chi connectivity index (χ0v) is 12.0. The topological polar surface area (TPSA) is 87.7 Å². The van der Waals surface area contributed by atoms with Gasteiger partial charge in [0.2, 0.25) is 5.91 Å². The van der Waals surface area contributed by atoms with Gasteiger partial charge in [-0.1, -0.05) is 19.8 Å². The fourth-order valence-electron chi connectivity index (χ4n) is 3.19. The molecular weight excluding hydrogens is 260 g/mol. The number of hydrogen-bond donors (Lipinski definition) is 3. The van der Waals surface area contributed by atoms with E-state index in [0.717, 1.165) is 19.4 Å². The number of ether oxygens (including phenoxy) is 1. The summed E-state index contributed by atoms with van der Waals surface area (Å²) in [6, 6.07) is 0. The molecule has 0 spiro atoms. The van der Waals surface area contributed by atoms with Gasteiger partial charge >= 0.3 is 5.97 Å². The Morgan fingerprint density at radius 3 is 2.90 bits per heavy atom. The summed E-state index contributed by atoms with van der Waals surface area (Å²) in [6.07, 6.45) is 2.96. The average Bonchev–Trinajstić information content (AvgIpc) is 2.39. The van der Waals surface area contributed by atoms with Gasteiger partial charge in [-0.3, -0.25) is 4.79 Å². The third-order valence-corrected chi connectivity index (χ3v) is 4.20. The second-order valence-electron chi connectivity index (χ2n) is 6.04. The summed E-state index contributed by atoms with van der Waals surface area (Å²) in [5.41, 5.74) is -1.09. The highest BCUT2D eigenvalue weighted by atomic mass is 16.5. The Bertz CT molecular complexity index is 368. The van der Waals surface area contributed by atoms with Crippen LogP contribution in [0.3, 0.4) is 0 Å². The Morgan fingerprint density at radius 1 is 1.50 bits per heavy atom. The van der Waals surface area contributed by atoms with Gasteiger partial charge in [-0.05, 0) is 18.8 Å². The van der Waals surface area contributed by atoms with Gasteiger partial charge in [-0.15, -0.1) is 0 Å². The predicted octanol–water partition coefficient (Wildman–Crippen LogP) is 0.515. The summed E-state index contributed by atoms with van der Waals surface area (Å²) in [7, 11) is 0. The lowest BCUT2D eigenvalue weighted by atomic mass is 9.76. The van der Waals surface area contributed by atoms with Crippen molar-refractivity contribution in [1.82, 2.24) is 10.6 Å². The molecule has 1 aliphatic carbocycles. The Morgan fingerprint density at radius 2 is 2.30 bits per heavy atom. The summed E-state index contributed by atoms with van der Waals surface area (Å²) in [5.74, 6) is -0.817. The van der Waals surface area contributed by atoms with Crippen LogP contribution in [0.1, 0.15) is 39.0 Å². The predicted molar refractivity (Wildman–Crippen MR) is 73.4 cm³/mol. The minimum Gasteiger partial charge on any atom is -0.480 e. The van der Waals surface area contributed by atoms with Crippen LogP contribution >= 0.6 is 0 Å². The highest BCUT2D eigenvalue weighted by molar-refractivity contribution is 5.87. The molecule has 20 heavy (non-hydrogen) atoms. The van der Waals surface area contributed by atoms with E-state index in [4.69, 9.17) is 4.74 Å². The molecular formula is C14H24N2O4. The number of carbonyl (C=O) groups excluding carboxylic acids is 1. The maximum absolute atomic E-state index is 12.1. The van der Waals surface area contributed by atoms with Crippen molar-refractivity contribution in [2.45, 2.75) is 50.7 Å². The normalized spacial score (nSPS) is 34.5.